The normalized spacial score (nSPS) is 20.6. The highest BCUT2D eigenvalue weighted by atomic mass is 32.2. The largest absolute Gasteiger partial charge is 0.507 e. The molecule has 1 amide bonds. The number of carbonyl (C=O) groups excluding carboxylic acids is 2. The van der Waals surface area contributed by atoms with Crippen molar-refractivity contribution in [1.82, 2.24) is 14.1 Å². The van der Waals surface area contributed by atoms with Gasteiger partial charge in [-0.1, -0.05) is 29.8 Å². The summed E-state index contributed by atoms with van der Waals surface area (Å²) in [6.45, 7) is 6.11. The van der Waals surface area contributed by atoms with Gasteiger partial charge in [-0.05, 0) is 43.2 Å². The molecule has 0 spiro atoms. The molecule has 0 radical (unpaired) electrons. The first-order valence-corrected chi connectivity index (χ1v) is 13.7. The maximum absolute atomic E-state index is 13.2. The summed E-state index contributed by atoms with van der Waals surface area (Å²) in [5.74, 6) is -1.73. The van der Waals surface area contributed by atoms with E-state index >= 15 is 0 Å². The highest BCUT2D eigenvalue weighted by Gasteiger charge is 2.45. The fraction of sp³-hybridized carbons (Fsp3) is 0.407. The van der Waals surface area contributed by atoms with E-state index in [-0.39, 0.29) is 21.8 Å². The molecule has 2 fully saturated rings. The molecule has 198 valence electrons. The molecular formula is C27H33N3O6S. The third-order valence-corrected chi connectivity index (χ3v) is 8.65. The second kappa shape index (κ2) is 11.1. The van der Waals surface area contributed by atoms with E-state index in [1.807, 2.05) is 31.2 Å². The van der Waals surface area contributed by atoms with Gasteiger partial charge in [0, 0.05) is 45.8 Å². The van der Waals surface area contributed by atoms with Crippen LogP contribution in [0.15, 0.2) is 59.0 Å². The van der Waals surface area contributed by atoms with Crippen LogP contribution in [-0.4, -0.2) is 92.8 Å². The summed E-state index contributed by atoms with van der Waals surface area (Å²) in [6.07, 6.45) is 0.673. The Bertz CT molecular complexity index is 1280. The number of Topliss-reactive ketones (excluding diaryl/α,β-unsaturated/α-hetero) is 1. The Morgan fingerprint density at radius 2 is 1.62 bits per heavy atom. The lowest BCUT2D eigenvalue weighted by molar-refractivity contribution is -0.140. The van der Waals surface area contributed by atoms with E-state index in [2.05, 4.69) is 4.90 Å². The summed E-state index contributed by atoms with van der Waals surface area (Å²) in [6, 6.07) is 12.5. The topological polar surface area (TPSA) is 107 Å². The van der Waals surface area contributed by atoms with Gasteiger partial charge < -0.3 is 14.7 Å². The number of nitrogens with zero attached hydrogens (tertiary/aromatic N) is 3. The van der Waals surface area contributed by atoms with Gasteiger partial charge in [-0.15, -0.1) is 0 Å². The minimum atomic E-state index is -3.65. The Kier molecular flexibility index (Phi) is 8.13. The number of carbonyl (C=O) groups is 2. The van der Waals surface area contributed by atoms with Crippen molar-refractivity contribution >= 4 is 27.5 Å². The van der Waals surface area contributed by atoms with Gasteiger partial charge in [0.2, 0.25) is 10.0 Å². The third kappa shape index (κ3) is 5.62. The number of aliphatic hydroxyl groups excluding tert-OH is 1. The van der Waals surface area contributed by atoms with Gasteiger partial charge in [0.15, 0.2) is 0 Å². The molecule has 37 heavy (non-hydrogen) atoms. The van der Waals surface area contributed by atoms with Gasteiger partial charge in [-0.2, -0.15) is 0 Å². The Morgan fingerprint density at radius 3 is 2.22 bits per heavy atom. The number of hydrogen-bond acceptors (Lipinski definition) is 7. The molecule has 0 aromatic heterocycles. The van der Waals surface area contributed by atoms with Gasteiger partial charge in [0.1, 0.15) is 5.76 Å². The van der Waals surface area contributed by atoms with E-state index in [9.17, 15) is 23.1 Å². The van der Waals surface area contributed by atoms with E-state index in [4.69, 9.17) is 4.74 Å². The van der Waals surface area contributed by atoms with Crippen LogP contribution >= 0.6 is 0 Å². The van der Waals surface area contributed by atoms with Crippen LogP contribution in [0.3, 0.4) is 0 Å². The molecule has 0 bridgehead atoms. The average Bonchev–Trinajstić information content (AvgIpc) is 3.14. The maximum atomic E-state index is 13.2. The monoisotopic (exact) mass is 527 g/mol. The van der Waals surface area contributed by atoms with E-state index in [1.54, 1.807) is 0 Å². The molecule has 2 saturated heterocycles. The number of aliphatic hydroxyl groups is 1. The number of rotatable bonds is 8. The van der Waals surface area contributed by atoms with Crippen molar-refractivity contribution < 1.29 is 27.9 Å². The first kappa shape index (κ1) is 27.0. The van der Waals surface area contributed by atoms with E-state index < -0.39 is 27.8 Å². The lowest BCUT2D eigenvalue weighted by Crippen LogP contribution is -2.38. The second-order valence-electron chi connectivity index (χ2n) is 9.52. The molecule has 2 aromatic carbocycles. The quantitative estimate of drug-likeness (QED) is 0.319. The zero-order valence-corrected chi connectivity index (χ0v) is 22.2. The number of likely N-dealkylation sites (tertiary alicyclic amines) is 1. The van der Waals surface area contributed by atoms with Crippen LogP contribution in [0.25, 0.3) is 5.76 Å². The highest BCUT2D eigenvalue weighted by molar-refractivity contribution is 7.89. The number of ether oxygens (including phenoxy) is 1. The molecule has 9 nitrogen and oxygen atoms in total. The summed E-state index contributed by atoms with van der Waals surface area (Å²) in [4.78, 5) is 30.2. The van der Waals surface area contributed by atoms with Crippen LogP contribution in [0, 0.1) is 6.92 Å². The number of ketones is 1. The first-order valence-electron chi connectivity index (χ1n) is 12.3. The van der Waals surface area contributed by atoms with Crippen LogP contribution < -0.4 is 0 Å². The molecule has 2 aliphatic rings. The van der Waals surface area contributed by atoms with Crippen LogP contribution in [0.1, 0.15) is 29.2 Å². The predicted molar refractivity (Wildman–Crippen MR) is 139 cm³/mol. The molecular weight excluding hydrogens is 494 g/mol. The Hall–Kier alpha value is -3.05. The fourth-order valence-electron chi connectivity index (χ4n) is 4.65. The van der Waals surface area contributed by atoms with Gasteiger partial charge in [-0.3, -0.25) is 14.5 Å². The number of sulfonamides is 1. The minimum Gasteiger partial charge on any atom is -0.507 e. The van der Waals surface area contributed by atoms with Gasteiger partial charge in [0.05, 0.1) is 29.7 Å². The molecule has 2 heterocycles. The number of amides is 1. The van der Waals surface area contributed by atoms with Crippen molar-refractivity contribution in [1.29, 1.82) is 0 Å². The molecule has 1 atom stereocenters. The third-order valence-electron chi connectivity index (χ3n) is 6.82. The standard InChI is InChI=1S/C27H33N3O6S/c1-19-5-7-20(8-6-19)24-23(25(31)21-9-11-22(12-10-21)37(34,35)28(2)3)26(32)27(33)30(24)14-4-13-29-15-17-36-18-16-29/h5-12,24,31H,4,13-18H2,1-3H3/b25-23+. The van der Waals surface area contributed by atoms with Crippen LogP contribution in [0.4, 0.5) is 0 Å². The summed E-state index contributed by atoms with van der Waals surface area (Å²) in [5, 5.41) is 11.2. The summed E-state index contributed by atoms with van der Waals surface area (Å²) < 4.78 is 31.3. The first-order chi connectivity index (χ1) is 17.6. The molecule has 4 rings (SSSR count). The van der Waals surface area contributed by atoms with Crippen LogP contribution in [-0.2, 0) is 24.3 Å². The van der Waals surface area contributed by atoms with Crippen molar-refractivity contribution in [3.63, 3.8) is 0 Å². The molecule has 2 aromatic rings. The zero-order chi connectivity index (χ0) is 26.7. The maximum Gasteiger partial charge on any atom is 0.295 e. The molecule has 1 N–H and O–H groups in total. The van der Waals surface area contributed by atoms with E-state index in [0.29, 0.717) is 26.2 Å². The highest BCUT2D eigenvalue weighted by Crippen LogP contribution is 2.39. The Morgan fingerprint density at radius 1 is 1.00 bits per heavy atom. The zero-order valence-electron chi connectivity index (χ0n) is 21.4. The lowest BCUT2D eigenvalue weighted by Gasteiger charge is -2.29. The van der Waals surface area contributed by atoms with E-state index in [1.165, 1.54) is 43.3 Å². The van der Waals surface area contributed by atoms with Gasteiger partial charge >= 0.3 is 0 Å². The number of morpholine rings is 1. The Labute approximate surface area is 218 Å². The van der Waals surface area contributed by atoms with Gasteiger partial charge in [-0.25, -0.2) is 12.7 Å². The van der Waals surface area contributed by atoms with Crippen molar-refractivity contribution in [2.75, 3.05) is 53.5 Å². The van der Waals surface area contributed by atoms with Crippen LogP contribution in [0.5, 0.6) is 0 Å². The summed E-state index contributed by atoms with van der Waals surface area (Å²) in [7, 11) is -0.778. The molecule has 2 aliphatic heterocycles. The number of hydrogen-bond donors (Lipinski definition) is 1. The van der Waals surface area contributed by atoms with Crippen molar-refractivity contribution in [3.05, 3.63) is 70.8 Å². The van der Waals surface area contributed by atoms with Gasteiger partial charge in [0.25, 0.3) is 11.7 Å². The second-order valence-corrected chi connectivity index (χ2v) is 11.7. The Balaban J connectivity index is 1.68. The summed E-state index contributed by atoms with van der Waals surface area (Å²) in [5.41, 5.74) is 2.03. The average molecular weight is 528 g/mol. The van der Waals surface area contributed by atoms with Crippen molar-refractivity contribution in [2.45, 2.75) is 24.3 Å². The van der Waals surface area contributed by atoms with Crippen molar-refractivity contribution in [2.24, 2.45) is 0 Å². The number of benzene rings is 2. The van der Waals surface area contributed by atoms with Crippen molar-refractivity contribution in [3.8, 4) is 0 Å². The number of aryl methyl sites for hydroxylation is 1. The molecule has 0 aliphatic carbocycles. The smallest absolute Gasteiger partial charge is 0.295 e. The summed E-state index contributed by atoms with van der Waals surface area (Å²) >= 11 is 0. The lowest BCUT2D eigenvalue weighted by atomic mass is 9.94. The molecule has 0 saturated carbocycles. The SMILES string of the molecule is Cc1ccc(C2/C(=C(\O)c3ccc(S(=O)(=O)N(C)C)cc3)C(=O)C(=O)N2CCCN2CCOCC2)cc1. The minimum absolute atomic E-state index is 0.00319. The predicted octanol–water partition coefficient (Wildman–Crippen LogP) is 2.39. The van der Waals surface area contributed by atoms with E-state index in [0.717, 1.165) is 35.1 Å². The van der Waals surface area contributed by atoms with Crippen LogP contribution in [0.2, 0.25) is 0 Å². The fourth-order valence-corrected chi connectivity index (χ4v) is 5.55. The molecule has 10 heteroatoms. The molecule has 1 unspecified atom stereocenters.